The fraction of sp³-hybridized carbons (Fsp3) is 0.226. The van der Waals surface area contributed by atoms with Crippen molar-refractivity contribution in [2.45, 2.75) is 43.9 Å². The summed E-state index contributed by atoms with van der Waals surface area (Å²) in [6.45, 7) is 0. The van der Waals surface area contributed by atoms with E-state index < -0.39 is 0 Å². The van der Waals surface area contributed by atoms with E-state index in [1.165, 1.54) is 0 Å². The molecule has 2 N–H and O–H groups in total. The molecular formula is C31H26N8O2. The molecule has 2 unspecified atom stereocenters. The maximum Gasteiger partial charge on any atom is 0.229 e. The van der Waals surface area contributed by atoms with E-state index in [4.69, 9.17) is 10.5 Å². The predicted octanol–water partition coefficient (Wildman–Crippen LogP) is 4.42. The maximum absolute atomic E-state index is 12.4. The minimum atomic E-state index is -0.227. The van der Waals surface area contributed by atoms with E-state index in [9.17, 15) is 9.59 Å². The molecule has 2 amide bonds. The lowest BCUT2D eigenvalue weighted by molar-refractivity contribution is -0.116. The van der Waals surface area contributed by atoms with Crippen LogP contribution in [0.4, 0.5) is 11.6 Å². The lowest BCUT2D eigenvalue weighted by Crippen LogP contribution is -2.16. The van der Waals surface area contributed by atoms with Crippen molar-refractivity contribution in [3.8, 4) is 12.1 Å². The zero-order chi connectivity index (χ0) is 28.6. The largest absolute Gasteiger partial charge is 0.309 e. The maximum atomic E-state index is 12.4. The first-order valence-electron chi connectivity index (χ1n) is 13.2. The highest BCUT2D eigenvalue weighted by molar-refractivity contribution is 5.91. The first-order chi connectivity index (χ1) is 20.0. The Hall–Kier alpha value is -5.48. The van der Waals surface area contributed by atoms with Crippen LogP contribution in [0.3, 0.4) is 0 Å². The Labute approximate surface area is 237 Å². The number of carbonyl (C=O) groups is 2. The van der Waals surface area contributed by atoms with Crippen molar-refractivity contribution >= 4 is 23.5 Å². The lowest BCUT2D eigenvalue weighted by atomic mass is 9.99. The molecule has 1 saturated carbocycles. The number of rotatable bonds is 8. The van der Waals surface area contributed by atoms with Crippen molar-refractivity contribution in [2.75, 3.05) is 10.6 Å². The van der Waals surface area contributed by atoms with Crippen molar-refractivity contribution in [2.24, 2.45) is 0 Å². The highest BCUT2D eigenvalue weighted by atomic mass is 16.2. The van der Waals surface area contributed by atoms with Crippen molar-refractivity contribution < 1.29 is 9.59 Å². The average Bonchev–Trinajstić information content (AvgIpc) is 3.48. The normalized spacial score (nSPS) is 15.9. The summed E-state index contributed by atoms with van der Waals surface area (Å²) in [5.41, 5.74) is 4.26. The second-order valence-corrected chi connectivity index (χ2v) is 9.97. The molecule has 2 heterocycles. The van der Waals surface area contributed by atoms with Gasteiger partial charge in [0.05, 0.1) is 47.5 Å². The summed E-state index contributed by atoms with van der Waals surface area (Å²) in [5, 5.41) is 40.7. The number of hydrogen-bond donors (Lipinski definition) is 2. The predicted molar refractivity (Wildman–Crippen MR) is 150 cm³/mol. The molecule has 1 fully saturated rings. The third kappa shape index (κ3) is 7.14. The smallest absolute Gasteiger partial charge is 0.229 e. The number of nitrogens with zero attached hydrogens (tertiary/aromatic N) is 6. The molecule has 0 spiro atoms. The molecule has 0 aliphatic heterocycles. The molecule has 41 heavy (non-hydrogen) atoms. The number of amides is 2. The summed E-state index contributed by atoms with van der Waals surface area (Å²) >= 11 is 0. The zero-order valence-corrected chi connectivity index (χ0v) is 22.1. The van der Waals surface area contributed by atoms with E-state index >= 15 is 0 Å². The van der Waals surface area contributed by atoms with Crippen molar-refractivity contribution in [3.63, 3.8) is 0 Å². The number of benzene rings is 2. The van der Waals surface area contributed by atoms with E-state index in [2.05, 4.69) is 43.2 Å². The van der Waals surface area contributed by atoms with Crippen LogP contribution in [0.5, 0.6) is 0 Å². The van der Waals surface area contributed by atoms with Gasteiger partial charge >= 0.3 is 0 Å². The molecule has 0 radical (unpaired) electrons. The molecule has 1 aliphatic rings. The average molecular weight is 543 g/mol. The van der Waals surface area contributed by atoms with E-state index in [0.29, 0.717) is 22.8 Å². The summed E-state index contributed by atoms with van der Waals surface area (Å²) in [7, 11) is 0. The van der Waals surface area contributed by atoms with E-state index in [0.717, 1.165) is 41.8 Å². The van der Waals surface area contributed by atoms with Gasteiger partial charge in [-0.15, -0.1) is 10.2 Å². The van der Waals surface area contributed by atoms with Crippen molar-refractivity contribution in [3.05, 3.63) is 106 Å². The van der Waals surface area contributed by atoms with Crippen LogP contribution in [0.2, 0.25) is 0 Å². The lowest BCUT2D eigenvalue weighted by Gasteiger charge is -2.11. The number of aromatic nitrogens is 4. The highest BCUT2D eigenvalue weighted by Crippen LogP contribution is 2.42. The Morgan fingerprint density at radius 3 is 1.54 bits per heavy atom. The first-order valence-corrected chi connectivity index (χ1v) is 13.2. The molecule has 10 nitrogen and oxygen atoms in total. The molecule has 0 bridgehead atoms. The van der Waals surface area contributed by atoms with Crippen LogP contribution in [-0.4, -0.2) is 32.2 Å². The Kier molecular flexibility index (Phi) is 8.32. The molecule has 2 atom stereocenters. The van der Waals surface area contributed by atoms with Gasteiger partial charge in [-0.1, -0.05) is 24.3 Å². The molecule has 0 saturated heterocycles. The second-order valence-electron chi connectivity index (χ2n) is 9.97. The van der Waals surface area contributed by atoms with Gasteiger partial charge < -0.3 is 10.6 Å². The van der Waals surface area contributed by atoms with Crippen LogP contribution in [0.1, 0.15) is 64.7 Å². The number of carbonyl (C=O) groups excluding carboxylic acids is 2. The molecule has 2 aromatic carbocycles. The van der Waals surface area contributed by atoms with E-state index in [1.807, 2.05) is 12.1 Å². The molecule has 4 aromatic rings. The zero-order valence-electron chi connectivity index (χ0n) is 22.1. The first kappa shape index (κ1) is 27.1. The minimum Gasteiger partial charge on any atom is -0.309 e. The topological polar surface area (TPSA) is 157 Å². The Bertz CT molecular complexity index is 1520. The molecule has 10 heteroatoms. The Morgan fingerprint density at radius 1 is 0.683 bits per heavy atom. The van der Waals surface area contributed by atoms with Gasteiger partial charge in [-0.2, -0.15) is 20.7 Å². The van der Waals surface area contributed by atoms with Crippen LogP contribution >= 0.6 is 0 Å². The molecular weight excluding hydrogens is 516 g/mol. The molecule has 1 aliphatic carbocycles. The van der Waals surface area contributed by atoms with Crippen LogP contribution in [0, 0.1) is 22.7 Å². The molecule has 2 aromatic heterocycles. The minimum absolute atomic E-state index is 0.142. The van der Waals surface area contributed by atoms with E-state index in [-0.39, 0.29) is 36.5 Å². The third-order valence-electron chi connectivity index (χ3n) is 7.02. The summed E-state index contributed by atoms with van der Waals surface area (Å²) in [6.07, 6.45) is 3.00. The van der Waals surface area contributed by atoms with Crippen LogP contribution in [0.25, 0.3) is 0 Å². The Morgan fingerprint density at radius 2 is 1.15 bits per heavy atom. The van der Waals surface area contributed by atoms with Gasteiger partial charge in [-0.05, 0) is 78.9 Å². The van der Waals surface area contributed by atoms with Crippen molar-refractivity contribution in [1.29, 1.82) is 10.5 Å². The van der Waals surface area contributed by atoms with Crippen molar-refractivity contribution in [1.82, 2.24) is 20.4 Å². The number of nitrogens with one attached hydrogen (secondary N) is 2. The summed E-state index contributed by atoms with van der Waals surface area (Å²) in [4.78, 5) is 24.8. The quantitative estimate of drug-likeness (QED) is 0.331. The van der Waals surface area contributed by atoms with Gasteiger partial charge in [0.2, 0.25) is 11.8 Å². The Balaban J connectivity index is 1.11. The van der Waals surface area contributed by atoms with Crippen LogP contribution in [-0.2, 0) is 22.4 Å². The van der Waals surface area contributed by atoms with Gasteiger partial charge in [0.25, 0.3) is 0 Å². The molecule has 5 rings (SSSR count). The third-order valence-corrected chi connectivity index (χ3v) is 7.02. The van der Waals surface area contributed by atoms with Gasteiger partial charge in [0.1, 0.15) is 0 Å². The molecule has 202 valence electrons. The van der Waals surface area contributed by atoms with Gasteiger partial charge in [0, 0.05) is 11.8 Å². The second kappa shape index (κ2) is 12.6. The fourth-order valence-electron chi connectivity index (χ4n) is 5.02. The number of anilines is 2. The SMILES string of the molecule is N#Cc1cccc(CC(=O)Nc2ccc(C3CCC(c4ccc(NC(=O)Cc5cccc(C#N)c5)nn4)C3)nn2)c1. The standard InChI is InChI=1S/C31H26N8O2/c32-18-22-5-1-3-20(13-22)15-30(40)34-28-11-9-26(36-38-28)24-7-8-25(17-24)27-10-12-29(39-37-27)35-31(41)16-21-4-2-6-23(14-21)19-33/h1-6,9-14,24-25H,7-8,15-17H2,(H,34,38,40)(H,35,39,41). The van der Waals surface area contributed by atoms with E-state index in [1.54, 1.807) is 60.7 Å². The number of hydrogen-bond acceptors (Lipinski definition) is 8. The van der Waals surface area contributed by atoms with Gasteiger partial charge in [-0.25, -0.2) is 0 Å². The van der Waals surface area contributed by atoms with Crippen LogP contribution in [0.15, 0.2) is 72.8 Å². The highest BCUT2D eigenvalue weighted by Gasteiger charge is 2.29. The summed E-state index contributed by atoms with van der Waals surface area (Å²) < 4.78 is 0. The fourth-order valence-corrected chi connectivity index (χ4v) is 5.02. The van der Waals surface area contributed by atoms with Gasteiger partial charge in [0.15, 0.2) is 11.6 Å². The number of nitriles is 2. The van der Waals surface area contributed by atoms with Crippen LogP contribution < -0.4 is 10.6 Å². The van der Waals surface area contributed by atoms with Gasteiger partial charge in [-0.3, -0.25) is 9.59 Å². The summed E-state index contributed by atoms with van der Waals surface area (Å²) in [5.74, 6) is 0.744. The monoisotopic (exact) mass is 542 g/mol. The summed E-state index contributed by atoms with van der Waals surface area (Å²) in [6, 6.07) is 25.3.